The lowest BCUT2D eigenvalue weighted by Crippen LogP contribution is -2.06. The van der Waals surface area contributed by atoms with E-state index >= 15 is 0 Å². The van der Waals surface area contributed by atoms with E-state index in [0.29, 0.717) is 18.4 Å². The van der Waals surface area contributed by atoms with Gasteiger partial charge in [-0.2, -0.15) is 4.98 Å². The summed E-state index contributed by atoms with van der Waals surface area (Å²) in [6.45, 7) is 5.69. The smallest absolute Gasteiger partial charge is 0.218 e. The van der Waals surface area contributed by atoms with E-state index in [1.807, 2.05) is 13.0 Å². The first-order valence-corrected chi connectivity index (χ1v) is 6.09. The molecule has 0 aromatic carbocycles. The van der Waals surface area contributed by atoms with Crippen LogP contribution in [-0.2, 0) is 0 Å². The maximum absolute atomic E-state index is 5.45. The molecule has 0 spiro atoms. The molecule has 1 fully saturated rings. The van der Waals surface area contributed by atoms with E-state index in [0.717, 1.165) is 24.6 Å². The Balaban J connectivity index is 2.14. The maximum Gasteiger partial charge on any atom is 0.218 e. The zero-order valence-corrected chi connectivity index (χ0v) is 9.99. The summed E-state index contributed by atoms with van der Waals surface area (Å²) in [6.07, 6.45) is 3.51. The van der Waals surface area contributed by atoms with Crippen LogP contribution in [0, 0.1) is 0 Å². The largest absolute Gasteiger partial charge is 0.478 e. The molecule has 4 nitrogen and oxygen atoms in total. The Kier molecular flexibility index (Phi) is 3.59. The molecule has 0 bridgehead atoms. The second-order valence-electron chi connectivity index (χ2n) is 4.08. The lowest BCUT2D eigenvalue weighted by molar-refractivity contribution is 0.325. The fourth-order valence-electron chi connectivity index (χ4n) is 1.53. The van der Waals surface area contributed by atoms with Crippen LogP contribution in [0.2, 0.25) is 0 Å². The van der Waals surface area contributed by atoms with Gasteiger partial charge in [0.15, 0.2) is 0 Å². The highest BCUT2D eigenvalue weighted by molar-refractivity contribution is 5.39. The lowest BCUT2D eigenvalue weighted by atomic mass is 10.4. The predicted octanol–water partition coefficient (Wildman–Crippen LogP) is 2.57. The molecule has 1 aromatic heterocycles. The van der Waals surface area contributed by atoms with Gasteiger partial charge in [-0.15, -0.1) is 0 Å². The predicted molar refractivity (Wildman–Crippen MR) is 64.0 cm³/mol. The third kappa shape index (κ3) is 2.84. The van der Waals surface area contributed by atoms with Gasteiger partial charge in [-0.3, -0.25) is 0 Å². The molecule has 1 aliphatic rings. The molecule has 0 saturated heterocycles. The van der Waals surface area contributed by atoms with Gasteiger partial charge in [-0.1, -0.05) is 6.92 Å². The molecular formula is C12H19N3O. The molecule has 1 aliphatic carbocycles. The molecule has 4 heteroatoms. The van der Waals surface area contributed by atoms with E-state index in [9.17, 15) is 0 Å². The molecular weight excluding hydrogens is 202 g/mol. The highest BCUT2D eigenvalue weighted by Gasteiger charge is 2.27. The minimum absolute atomic E-state index is 0.558. The summed E-state index contributed by atoms with van der Waals surface area (Å²) in [7, 11) is 0. The second kappa shape index (κ2) is 5.14. The van der Waals surface area contributed by atoms with Gasteiger partial charge in [0.2, 0.25) is 5.88 Å². The van der Waals surface area contributed by atoms with Crippen molar-refractivity contribution in [1.29, 1.82) is 0 Å². The normalized spacial score (nSPS) is 14.9. The van der Waals surface area contributed by atoms with Crippen LogP contribution < -0.4 is 10.1 Å². The van der Waals surface area contributed by atoms with Crippen LogP contribution in [0.1, 0.15) is 44.9 Å². The quantitative estimate of drug-likeness (QED) is 0.802. The fraction of sp³-hybridized carbons (Fsp3) is 0.667. The molecule has 16 heavy (non-hydrogen) atoms. The van der Waals surface area contributed by atoms with Crippen molar-refractivity contribution in [2.45, 2.75) is 39.0 Å². The molecule has 1 saturated carbocycles. The van der Waals surface area contributed by atoms with Gasteiger partial charge >= 0.3 is 0 Å². The van der Waals surface area contributed by atoms with E-state index in [-0.39, 0.29) is 0 Å². The monoisotopic (exact) mass is 221 g/mol. The summed E-state index contributed by atoms with van der Waals surface area (Å²) in [5, 5.41) is 3.29. The Morgan fingerprint density at radius 3 is 2.81 bits per heavy atom. The summed E-state index contributed by atoms with van der Waals surface area (Å²) in [4.78, 5) is 8.93. The first-order valence-electron chi connectivity index (χ1n) is 6.09. The molecule has 0 unspecified atom stereocenters. The highest BCUT2D eigenvalue weighted by atomic mass is 16.5. The summed E-state index contributed by atoms with van der Waals surface area (Å²) in [5.74, 6) is 3.08. The molecule has 88 valence electrons. The Bertz CT molecular complexity index is 350. The second-order valence-corrected chi connectivity index (χ2v) is 4.08. The molecule has 1 heterocycles. The molecule has 0 radical (unpaired) electrons. The zero-order chi connectivity index (χ0) is 11.4. The first kappa shape index (κ1) is 11.2. The molecule has 1 aromatic rings. The lowest BCUT2D eigenvalue weighted by Gasteiger charge is -2.09. The zero-order valence-electron chi connectivity index (χ0n) is 9.99. The molecule has 1 N–H and O–H groups in total. The molecule has 0 amide bonds. The average molecular weight is 221 g/mol. The average Bonchev–Trinajstić information content (AvgIpc) is 3.10. The Morgan fingerprint density at radius 2 is 2.19 bits per heavy atom. The van der Waals surface area contributed by atoms with Gasteiger partial charge in [-0.05, 0) is 26.2 Å². The summed E-state index contributed by atoms with van der Waals surface area (Å²) >= 11 is 0. The van der Waals surface area contributed by atoms with Gasteiger partial charge in [0.05, 0.1) is 6.61 Å². The summed E-state index contributed by atoms with van der Waals surface area (Å²) < 4.78 is 5.45. The SMILES string of the molecule is CCCNc1cc(OCC)nc(C2CC2)n1. The van der Waals surface area contributed by atoms with Crippen molar-refractivity contribution >= 4 is 5.82 Å². The van der Waals surface area contributed by atoms with Crippen molar-refractivity contribution in [2.24, 2.45) is 0 Å². The number of hydrogen-bond donors (Lipinski definition) is 1. The van der Waals surface area contributed by atoms with Crippen molar-refractivity contribution < 1.29 is 4.74 Å². The topological polar surface area (TPSA) is 47.0 Å². The minimum Gasteiger partial charge on any atom is -0.478 e. The van der Waals surface area contributed by atoms with Crippen LogP contribution in [0.25, 0.3) is 0 Å². The minimum atomic E-state index is 0.558. The highest BCUT2D eigenvalue weighted by Crippen LogP contribution is 2.39. The number of ether oxygens (including phenoxy) is 1. The van der Waals surface area contributed by atoms with Crippen LogP contribution in [0.15, 0.2) is 6.07 Å². The van der Waals surface area contributed by atoms with Crippen molar-refractivity contribution in [1.82, 2.24) is 9.97 Å². The van der Waals surface area contributed by atoms with Crippen LogP contribution in [-0.4, -0.2) is 23.1 Å². The molecule has 2 rings (SSSR count). The number of anilines is 1. The van der Waals surface area contributed by atoms with Gasteiger partial charge in [-0.25, -0.2) is 4.98 Å². The summed E-state index contributed by atoms with van der Waals surface area (Å²) in [6, 6.07) is 1.88. The Hall–Kier alpha value is -1.32. The van der Waals surface area contributed by atoms with Crippen molar-refractivity contribution in [3.8, 4) is 5.88 Å². The Morgan fingerprint density at radius 1 is 1.38 bits per heavy atom. The number of nitrogens with one attached hydrogen (secondary N) is 1. The first-order chi connectivity index (χ1) is 7.83. The van der Waals surface area contributed by atoms with E-state index < -0.39 is 0 Å². The standard InChI is InChI=1S/C12H19N3O/c1-3-7-13-10-8-11(16-4-2)15-12(14-10)9-5-6-9/h8-9H,3-7H2,1-2H3,(H,13,14,15). The van der Waals surface area contributed by atoms with Crippen LogP contribution >= 0.6 is 0 Å². The van der Waals surface area contributed by atoms with Crippen LogP contribution in [0.5, 0.6) is 5.88 Å². The Labute approximate surface area is 96.4 Å². The molecule has 0 aliphatic heterocycles. The fourth-order valence-corrected chi connectivity index (χ4v) is 1.53. The van der Waals surface area contributed by atoms with E-state index in [1.54, 1.807) is 0 Å². The van der Waals surface area contributed by atoms with Crippen molar-refractivity contribution in [3.05, 3.63) is 11.9 Å². The van der Waals surface area contributed by atoms with Crippen molar-refractivity contribution in [3.63, 3.8) is 0 Å². The number of hydrogen-bond acceptors (Lipinski definition) is 4. The van der Waals surface area contributed by atoms with Gasteiger partial charge in [0.25, 0.3) is 0 Å². The van der Waals surface area contributed by atoms with Gasteiger partial charge in [0, 0.05) is 18.5 Å². The summed E-state index contributed by atoms with van der Waals surface area (Å²) in [5.41, 5.74) is 0. The number of rotatable bonds is 6. The van der Waals surface area contributed by atoms with E-state index in [2.05, 4.69) is 22.2 Å². The third-order valence-corrected chi connectivity index (χ3v) is 2.51. The van der Waals surface area contributed by atoms with E-state index in [4.69, 9.17) is 4.74 Å². The van der Waals surface area contributed by atoms with Gasteiger partial charge < -0.3 is 10.1 Å². The van der Waals surface area contributed by atoms with Crippen LogP contribution in [0.4, 0.5) is 5.82 Å². The molecule has 0 atom stereocenters. The van der Waals surface area contributed by atoms with Crippen LogP contribution in [0.3, 0.4) is 0 Å². The van der Waals surface area contributed by atoms with Crippen molar-refractivity contribution in [2.75, 3.05) is 18.5 Å². The third-order valence-electron chi connectivity index (χ3n) is 2.51. The number of aromatic nitrogens is 2. The van der Waals surface area contributed by atoms with E-state index in [1.165, 1.54) is 12.8 Å². The number of nitrogens with zero attached hydrogens (tertiary/aromatic N) is 2. The van der Waals surface area contributed by atoms with Gasteiger partial charge in [0.1, 0.15) is 11.6 Å². The maximum atomic E-state index is 5.45.